The van der Waals surface area contributed by atoms with E-state index in [2.05, 4.69) is 0 Å². The van der Waals surface area contributed by atoms with Crippen molar-refractivity contribution in [1.29, 1.82) is 0 Å². The smallest absolute Gasteiger partial charge is 0.260 e. The summed E-state index contributed by atoms with van der Waals surface area (Å²) in [5.74, 6) is 0.838. The van der Waals surface area contributed by atoms with E-state index < -0.39 is 5.41 Å². The van der Waals surface area contributed by atoms with E-state index in [9.17, 15) is 9.59 Å². The van der Waals surface area contributed by atoms with E-state index in [4.69, 9.17) is 21.1 Å². The van der Waals surface area contributed by atoms with Crippen LogP contribution in [0.2, 0.25) is 0 Å². The van der Waals surface area contributed by atoms with Gasteiger partial charge in [-0.2, -0.15) is 0 Å². The molecule has 120 valence electrons. The molecule has 6 heteroatoms. The Morgan fingerprint density at radius 1 is 1.14 bits per heavy atom. The molecule has 0 aromatic heterocycles. The van der Waals surface area contributed by atoms with E-state index in [0.29, 0.717) is 41.5 Å². The SMILES string of the molecule is COc1cc2c(cc1OC)C(C)(C)C(=O)N(CCCCl)C2=O. The monoisotopic (exact) mass is 325 g/mol. The molecular formula is C16H20ClNO4. The molecule has 22 heavy (non-hydrogen) atoms. The summed E-state index contributed by atoms with van der Waals surface area (Å²) in [5, 5.41) is 0. The number of amides is 2. The number of fused-ring (bicyclic) bond motifs is 1. The van der Waals surface area contributed by atoms with Crippen LogP contribution in [0.3, 0.4) is 0 Å². The van der Waals surface area contributed by atoms with Crippen molar-refractivity contribution in [3.8, 4) is 11.5 Å². The first-order chi connectivity index (χ1) is 10.4. The van der Waals surface area contributed by atoms with Crippen LogP contribution in [-0.2, 0) is 10.2 Å². The van der Waals surface area contributed by atoms with Crippen LogP contribution >= 0.6 is 11.6 Å². The van der Waals surface area contributed by atoms with Crippen LogP contribution in [0.25, 0.3) is 0 Å². The predicted molar refractivity (Wildman–Crippen MR) is 84.0 cm³/mol. The normalized spacial score (nSPS) is 16.5. The molecule has 0 bridgehead atoms. The van der Waals surface area contributed by atoms with Gasteiger partial charge in [0.05, 0.1) is 19.6 Å². The van der Waals surface area contributed by atoms with Gasteiger partial charge in [-0.3, -0.25) is 14.5 Å². The van der Waals surface area contributed by atoms with Crippen molar-refractivity contribution in [1.82, 2.24) is 4.90 Å². The largest absolute Gasteiger partial charge is 0.493 e. The standard InChI is InChI=1S/C16H20ClNO4/c1-16(2)11-9-13(22-4)12(21-3)8-10(11)14(19)18(15(16)20)7-5-6-17/h8-9H,5-7H2,1-4H3. The zero-order chi connectivity index (χ0) is 16.5. The Bertz CT molecular complexity index is 612. The molecular weight excluding hydrogens is 306 g/mol. The minimum atomic E-state index is -0.810. The Labute approximate surface area is 135 Å². The van der Waals surface area contributed by atoms with Gasteiger partial charge < -0.3 is 9.47 Å². The summed E-state index contributed by atoms with van der Waals surface area (Å²) in [7, 11) is 3.04. The van der Waals surface area contributed by atoms with Gasteiger partial charge in [0.1, 0.15) is 0 Å². The summed E-state index contributed by atoms with van der Waals surface area (Å²) in [6, 6.07) is 3.35. The van der Waals surface area contributed by atoms with Gasteiger partial charge in [-0.05, 0) is 38.0 Å². The van der Waals surface area contributed by atoms with Crippen LogP contribution in [0, 0.1) is 0 Å². The number of halogens is 1. The van der Waals surface area contributed by atoms with Crippen molar-refractivity contribution in [2.24, 2.45) is 0 Å². The second-order valence-corrected chi connectivity index (χ2v) is 6.06. The fourth-order valence-corrected chi connectivity index (χ4v) is 2.80. The van der Waals surface area contributed by atoms with E-state index in [1.54, 1.807) is 26.0 Å². The number of hydrogen-bond acceptors (Lipinski definition) is 4. The Balaban J connectivity index is 2.59. The number of imide groups is 1. The zero-order valence-corrected chi connectivity index (χ0v) is 14.0. The molecule has 0 fully saturated rings. The molecule has 2 amide bonds. The highest BCUT2D eigenvalue weighted by atomic mass is 35.5. The van der Waals surface area contributed by atoms with E-state index in [0.717, 1.165) is 0 Å². The van der Waals surface area contributed by atoms with Gasteiger partial charge in [0, 0.05) is 18.0 Å². The third-order valence-electron chi connectivity index (χ3n) is 3.97. The van der Waals surface area contributed by atoms with Crippen LogP contribution in [-0.4, -0.2) is 43.4 Å². The highest BCUT2D eigenvalue weighted by molar-refractivity contribution is 6.18. The number of nitrogens with zero attached hydrogens (tertiary/aromatic N) is 1. The maximum atomic E-state index is 12.7. The minimum absolute atomic E-state index is 0.220. The highest BCUT2D eigenvalue weighted by Crippen LogP contribution is 2.40. The number of benzene rings is 1. The number of hydrogen-bond donors (Lipinski definition) is 0. The fourth-order valence-electron chi connectivity index (χ4n) is 2.68. The summed E-state index contributed by atoms with van der Waals surface area (Å²) in [6.07, 6.45) is 0.567. The van der Waals surface area contributed by atoms with Gasteiger partial charge in [0.2, 0.25) is 5.91 Å². The molecule has 0 unspecified atom stereocenters. The van der Waals surface area contributed by atoms with Crippen LogP contribution in [0.1, 0.15) is 36.2 Å². The predicted octanol–water partition coefficient (Wildman–Crippen LogP) is 2.59. The molecule has 0 atom stereocenters. The number of methoxy groups -OCH3 is 2. The molecule has 0 spiro atoms. The van der Waals surface area contributed by atoms with Gasteiger partial charge >= 0.3 is 0 Å². The van der Waals surface area contributed by atoms with Gasteiger partial charge in [-0.15, -0.1) is 11.6 Å². The van der Waals surface area contributed by atoms with Crippen molar-refractivity contribution in [3.05, 3.63) is 23.3 Å². The molecule has 0 aliphatic carbocycles. The van der Waals surface area contributed by atoms with Crippen molar-refractivity contribution in [3.63, 3.8) is 0 Å². The van der Waals surface area contributed by atoms with Crippen LogP contribution in [0.15, 0.2) is 12.1 Å². The van der Waals surface area contributed by atoms with Gasteiger partial charge in [0.25, 0.3) is 5.91 Å². The molecule has 1 aromatic carbocycles. The lowest BCUT2D eigenvalue weighted by molar-refractivity contribution is -0.134. The van der Waals surface area contributed by atoms with Gasteiger partial charge in [0.15, 0.2) is 11.5 Å². The number of alkyl halides is 1. The second kappa shape index (κ2) is 6.16. The second-order valence-electron chi connectivity index (χ2n) is 5.68. The molecule has 1 aliphatic rings. The topological polar surface area (TPSA) is 55.8 Å². The van der Waals surface area contributed by atoms with E-state index in [1.165, 1.54) is 19.1 Å². The first kappa shape index (κ1) is 16.6. The fraction of sp³-hybridized carbons (Fsp3) is 0.500. The summed E-state index contributed by atoms with van der Waals surface area (Å²) >= 11 is 5.69. The van der Waals surface area contributed by atoms with Crippen LogP contribution in [0.4, 0.5) is 0 Å². The van der Waals surface area contributed by atoms with Crippen LogP contribution < -0.4 is 9.47 Å². The third kappa shape index (κ3) is 2.54. The van der Waals surface area contributed by atoms with Crippen molar-refractivity contribution in [2.75, 3.05) is 26.6 Å². The molecule has 0 saturated carbocycles. The average molecular weight is 326 g/mol. The van der Waals surface area contributed by atoms with E-state index in [-0.39, 0.29) is 11.8 Å². The van der Waals surface area contributed by atoms with Crippen LogP contribution in [0.5, 0.6) is 11.5 Å². The van der Waals surface area contributed by atoms with E-state index in [1.807, 2.05) is 0 Å². The lowest BCUT2D eigenvalue weighted by Crippen LogP contribution is -2.52. The lowest BCUT2D eigenvalue weighted by atomic mass is 9.77. The maximum absolute atomic E-state index is 12.7. The maximum Gasteiger partial charge on any atom is 0.260 e. The lowest BCUT2D eigenvalue weighted by Gasteiger charge is -2.37. The molecule has 0 N–H and O–H groups in total. The first-order valence-electron chi connectivity index (χ1n) is 7.07. The Kier molecular flexibility index (Phi) is 4.66. The molecule has 2 rings (SSSR count). The Morgan fingerprint density at radius 3 is 2.27 bits per heavy atom. The summed E-state index contributed by atoms with van der Waals surface area (Å²) in [5.41, 5.74) is 0.314. The molecule has 1 aliphatic heterocycles. The Hall–Kier alpha value is -1.75. The zero-order valence-electron chi connectivity index (χ0n) is 13.2. The molecule has 5 nitrogen and oxygen atoms in total. The van der Waals surface area contributed by atoms with Gasteiger partial charge in [-0.1, -0.05) is 0 Å². The highest BCUT2D eigenvalue weighted by Gasteiger charge is 2.44. The minimum Gasteiger partial charge on any atom is -0.493 e. The number of carbonyl (C=O) groups excluding carboxylic acids is 2. The summed E-state index contributed by atoms with van der Waals surface area (Å²) < 4.78 is 10.5. The number of ether oxygens (including phenoxy) is 2. The van der Waals surface area contributed by atoms with Crippen molar-refractivity contribution < 1.29 is 19.1 Å². The van der Waals surface area contributed by atoms with Gasteiger partial charge in [-0.25, -0.2) is 0 Å². The third-order valence-corrected chi connectivity index (χ3v) is 4.24. The number of rotatable bonds is 5. The molecule has 0 saturated heterocycles. The quantitative estimate of drug-likeness (QED) is 0.617. The molecule has 1 aromatic rings. The summed E-state index contributed by atoms with van der Waals surface area (Å²) in [6.45, 7) is 3.93. The molecule has 0 radical (unpaired) electrons. The van der Waals surface area contributed by atoms with E-state index >= 15 is 0 Å². The Morgan fingerprint density at radius 2 is 1.73 bits per heavy atom. The summed E-state index contributed by atoms with van der Waals surface area (Å²) in [4.78, 5) is 26.6. The van der Waals surface area contributed by atoms with Crippen molar-refractivity contribution >= 4 is 23.4 Å². The first-order valence-corrected chi connectivity index (χ1v) is 7.60. The number of carbonyl (C=O) groups is 2. The average Bonchev–Trinajstić information content (AvgIpc) is 2.52. The molecule has 1 heterocycles. The van der Waals surface area contributed by atoms with Crippen molar-refractivity contribution in [2.45, 2.75) is 25.7 Å².